The second kappa shape index (κ2) is 6.15. The van der Waals surface area contributed by atoms with E-state index in [2.05, 4.69) is 20.5 Å². The van der Waals surface area contributed by atoms with Gasteiger partial charge in [0.25, 0.3) is 0 Å². The molecule has 122 valence electrons. The molecule has 0 unspecified atom stereocenters. The highest BCUT2D eigenvalue weighted by molar-refractivity contribution is 7.15. The van der Waals surface area contributed by atoms with Crippen molar-refractivity contribution in [2.75, 3.05) is 11.9 Å². The highest BCUT2D eigenvalue weighted by Crippen LogP contribution is 2.32. The van der Waals surface area contributed by atoms with Crippen molar-refractivity contribution in [1.29, 1.82) is 0 Å². The maximum atomic E-state index is 12.4. The molecule has 2 aromatic heterocycles. The van der Waals surface area contributed by atoms with Crippen molar-refractivity contribution in [3.8, 4) is 0 Å². The van der Waals surface area contributed by atoms with E-state index in [0.717, 1.165) is 29.7 Å². The van der Waals surface area contributed by atoms with E-state index in [-0.39, 0.29) is 5.13 Å². The van der Waals surface area contributed by atoms with E-state index in [1.807, 2.05) is 35.9 Å². The van der Waals surface area contributed by atoms with Crippen LogP contribution in [0.1, 0.15) is 17.3 Å². The zero-order chi connectivity index (χ0) is 16.4. The van der Waals surface area contributed by atoms with Crippen molar-refractivity contribution in [1.82, 2.24) is 19.7 Å². The maximum absolute atomic E-state index is 12.4. The molecule has 0 bridgehead atoms. The maximum Gasteiger partial charge on any atom is 0.445 e. The summed E-state index contributed by atoms with van der Waals surface area (Å²) in [6, 6.07) is 7.86. The Labute approximate surface area is 134 Å². The van der Waals surface area contributed by atoms with Gasteiger partial charge in [0.15, 0.2) is 0 Å². The van der Waals surface area contributed by atoms with Gasteiger partial charge in [0.2, 0.25) is 10.1 Å². The predicted octanol–water partition coefficient (Wildman–Crippen LogP) is 3.49. The molecule has 0 radical (unpaired) electrons. The zero-order valence-corrected chi connectivity index (χ0v) is 13.1. The van der Waals surface area contributed by atoms with Gasteiger partial charge in [-0.1, -0.05) is 23.5 Å². The molecule has 0 amide bonds. The molecule has 0 aliphatic rings. The van der Waals surface area contributed by atoms with Crippen LogP contribution in [0.25, 0.3) is 11.0 Å². The Morgan fingerprint density at radius 1 is 1.22 bits per heavy atom. The molecule has 0 spiro atoms. The number of hydrogen-bond acceptors (Lipinski definition) is 5. The van der Waals surface area contributed by atoms with Crippen LogP contribution in [0.5, 0.6) is 0 Å². The first kappa shape index (κ1) is 15.7. The molecule has 1 N–H and O–H groups in total. The van der Waals surface area contributed by atoms with Crippen molar-refractivity contribution >= 4 is 27.5 Å². The quantitative estimate of drug-likeness (QED) is 0.722. The fourth-order valence-corrected chi connectivity index (χ4v) is 2.91. The number of halogens is 3. The lowest BCUT2D eigenvalue weighted by Gasteiger charge is -2.03. The SMILES string of the molecule is Cn1c(CCCNc2nnc(C(F)(F)F)s2)nc2ccccc21. The van der Waals surface area contributed by atoms with Crippen LogP contribution in [0.15, 0.2) is 24.3 Å². The summed E-state index contributed by atoms with van der Waals surface area (Å²) in [6.07, 6.45) is -2.98. The van der Waals surface area contributed by atoms with Crippen LogP contribution < -0.4 is 5.32 Å². The number of anilines is 1. The average Bonchev–Trinajstić information content (AvgIpc) is 3.10. The van der Waals surface area contributed by atoms with Crippen molar-refractivity contribution in [3.63, 3.8) is 0 Å². The largest absolute Gasteiger partial charge is 0.445 e. The van der Waals surface area contributed by atoms with E-state index in [1.165, 1.54) is 0 Å². The molecular formula is C14H14F3N5S. The Kier molecular flexibility index (Phi) is 4.20. The third-order valence-electron chi connectivity index (χ3n) is 3.40. The minimum Gasteiger partial charge on any atom is -0.360 e. The third-order valence-corrected chi connectivity index (χ3v) is 4.33. The van der Waals surface area contributed by atoms with E-state index in [4.69, 9.17) is 0 Å². The minimum atomic E-state index is -4.44. The highest BCUT2D eigenvalue weighted by atomic mass is 32.1. The Balaban J connectivity index is 1.55. The number of alkyl halides is 3. The van der Waals surface area contributed by atoms with Crippen LogP contribution in [-0.2, 0) is 19.6 Å². The first-order valence-corrected chi connectivity index (χ1v) is 7.82. The van der Waals surface area contributed by atoms with Crippen molar-refractivity contribution in [3.05, 3.63) is 35.1 Å². The average molecular weight is 341 g/mol. The summed E-state index contributed by atoms with van der Waals surface area (Å²) in [5, 5.41) is 8.74. The standard InChI is InChI=1S/C14H14F3N5S/c1-22-10-6-3-2-5-9(10)19-11(22)7-4-8-18-13-21-20-12(23-13)14(15,16)17/h2-3,5-6H,4,7-8H2,1H3,(H,18,21). The molecule has 0 atom stereocenters. The highest BCUT2D eigenvalue weighted by Gasteiger charge is 2.35. The molecule has 0 saturated heterocycles. The fraction of sp³-hybridized carbons (Fsp3) is 0.357. The van der Waals surface area contributed by atoms with Crippen LogP contribution in [0, 0.1) is 0 Å². The summed E-state index contributed by atoms with van der Waals surface area (Å²) < 4.78 is 39.3. The molecule has 3 rings (SSSR count). The van der Waals surface area contributed by atoms with Crippen molar-refractivity contribution in [2.45, 2.75) is 19.0 Å². The smallest absolute Gasteiger partial charge is 0.360 e. The Morgan fingerprint density at radius 2 is 2.00 bits per heavy atom. The number of imidazole rings is 1. The topological polar surface area (TPSA) is 55.6 Å². The lowest BCUT2D eigenvalue weighted by Crippen LogP contribution is -2.05. The number of nitrogens with one attached hydrogen (secondary N) is 1. The van der Waals surface area contributed by atoms with Gasteiger partial charge >= 0.3 is 6.18 Å². The lowest BCUT2D eigenvalue weighted by molar-refractivity contribution is -0.138. The Bertz CT molecular complexity index is 808. The number of benzene rings is 1. The van der Waals surface area contributed by atoms with Gasteiger partial charge in [-0.3, -0.25) is 0 Å². The summed E-state index contributed by atoms with van der Waals surface area (Å²) in [7, 11) is 1.96. The van der Waals surface area contributed by atoms with Crippen molar-refractivity contribution < 1.29 is 13.2 Å². The summed E-state index contributed by atoms with van der Waals surface area (Å²) in [6.45, 7) is 0.510. The van der Waals surface area contributed by atoms with E-state index in [1.54, 1.807) is 0 Å². The molecule has 2 heterocycles. The molecule has 3 aromatic rings. The third kappa shape index (κ3) is 3.44. The van der Waals surface area contributed by atoms with E-state index >= 15 is 0 Å². The molecular weight excluding hydrogens is 327 g/mol. The molecule has 0 saturated carbocycles. The molecule has 0 aliphatic carbocycles. The van der Waals surface area contributed by atoms with Crippen LogP contribution in [0.4, 0.5) is 18.3 Å². The summed E-state index contributed by atoms with van der Waals surface area (Å²) in [4.78, 5) is 4.55. The van der Waals surface area contributed by atoms with Crippen LogP contribution in [0.2, 0.25) is 0 Å². The molecule has 23 heavy (non-hydrogen) atoms. The van der Waals surface area contributed by atoms with Crippen LogP contribution in [-0.4, -0.2) is 26.3 Å². The molecule has 9 heteroatoms. The number of hydrogen-bond donors (Lipinski definition) is 1. The lowest BCUT2D eigenvalue weighted by atomic mass is 10.3. The second-order valence-electron chi connectivity index (χ2n) is 5.02. The Hall–Kier alpha value is -2.16. The molecule has 0 fully saturated rings. The first-order chi connectivity index (χ1) is 10.9. The van der Waals surface area contributed by atoms with Gasteiger partial charge in [-0.2, -0.15) is 13.2 Å². The summed E-state index contributed by atoms with van der Waals surface area (Å²) in [5.74, 6) is 0.946. The van der Waals surface area contributed by atoms with Crippen LogP contribution in [0.3, 0.4) is 0 Å². The Morgan fingerprint density at radius 3 is 2.70 bits per heavy atom. The van der Waals surface area contributed by atoms with Crippen LogP contribution >= 0.6 is 11.3 Å². The van der Waals surface area contributed by atoms with Gasteiger partial charge in [-0.05, 0) is 18.6 Å². The predicted molar refractivity (Wildman–Crippen MR) is 82.4 cm³/mol. The number of rotatable bonds is 5. The van der Waals surface area contributed by atoms with E-state index < -0.39 is 11.2 Å². The van der Waals surface area contributed by atoms with Gasteiger partial charge in [0.05, 0.1) is 11.0 Å². The normalized spacial score (nSPS) is 12.0. The van der Waals surface area contributed by atoms with E-state index in [0.29, 0.717) is 17.9 Å². The summed E-state index contributed by atoms with van der Waals surface area (Å²) >= 11 is 0.514. The second-order valence-corrected chi connectivity index (χ2v) is 5.99. The van der Waals surface area contributed by atoms with Gasteiger partial charge < -0.3 is 9.88 Å². The van der Waals surface area contributed by atoms with Gasteiger partial charge in [-0.25, -0.2) is 4.98 Å². The van der Waals surface area contributed by atoms with Crippen molar-refractivity contribution in [2.24, 2.45) is 7.05 Å². The zero-order valence-electron chi connectivity index (χ0n) is 12.3. The van der Waals surface area contributed by atoms with Gasteiger partial charge in [0, 0.05) is 20.0 Å². The van der Waals surface area contributed by atoms with Gasteiger partial charge in [0.1, 0.15) is 5.82 Å². The molecule has 5 nitrogen and oxygen atoms in total. The van der Waals surface area contributed by atoms with E-state index in [9.17, 15) is 13.2 Å². The minimum absolute atomic E-state index is 0.183. The monoisotopic (exact) mass is 341 g/mol. The van der Waals surface area contributed by atoms with Gasteiger partial charge in [-0.15, -0.1) is 10.2 Å². The number of nitrogens with zero attached hydrogens (tertiary/aromatic N) is 4. The number of fused-ring (bicyclic) bond motifs is 1. The number of para-hydroxylation sites is 2. The number of aromatic nitrogens is 4. The fourth-order valence-electron chi connectivity index (χ4n) is 2.27. The first-order valence-electron chi connectivity index (χ1n) is 7.00. The summed E-state index contributed by atoms with van der Waals surface area (Å²) in [5.41, 5.74) is 2.01. The molecule has 0 aliphatic heterocycles. The molecule has 1 aromatic carbocycles. The number of aryl methyl sites for hydroxylation is 2.